The van der Waals surface area contributed by atoms with Crippen molar-refractivity contribution >= 4 is 5.91 Å². The third-order valence-corrected chi connectivity index (χ3v) is 3.51. The van der Waals surface area contributed by atoms with E-state index in [4.69, 9.17) is 4.74 Å². The van der Waals surface area contributed by atoms with Crippen LogP contribution in [0.15, 0.2) is 12.1 Å². The molecule has 1 amide bonds. The van der Waals surface area contributed by atoms with Crippen molar-refractivity contribution in [2.45, 2.75) is 47.6 Å². The highest BCUT2D eigenvalue weighted by Crippen LogP contribution is 2.23. The summed E-state index contributed by atoms with van der Waals surface area (Å²) in [6, 6.07) is 4.25. The summed E-state index contributed by atoms with van der Waals surface area (Å²) in [6.07, 6.45) is 0. The van der Waals surface area contributed by atoms with Crippen molar-refractivity contribution in [3.05, 3.63) is 28.8 Å². The fourth-order valence-corrected chi connectivity index (χ4v) is 1.76. The minimum atomic E-state index is -0.0697. The molecule has 3 nitrogen and oxygen atoms in total. The molecular weight excluding hydrogens is 238 g/mol. The summed E-state index contributed by atoms with van der Waals surface area (Å²) in [7, 11) is 0. The Balaban J connectivity index is 2.60. The molecule has 1 rings (SSSR count). The summed E-state index contributed by atoms with van der Waals surface area (Å²) in [5, 5.41) is 2.93. The molecule has 0 aliphatic rings. The van der Waals surface area contributed by atoms with E-state index >= 15 is 0 Å². The number of hydrogen-bond acceptors (Lipinski definition) is 2. The van der Waals surface area contributed by atoms with E-state index in [-0.39, 0.29) is 18.6 Å². The molecule has 0 saturated carbocycles. The summed E-state index contributed by atoms with van der Waals surface area (Å²) in [4.78, 5) is 11.8. The third-order valence-electron chi connectivity index (χ3n) is 3.51. The second-order valence-electron chi connectivity index (χ2n) is 5.59. The molecule has 0 aliphatic heterocycles. The first-order valence-corrected chi connectivity index (χ1v) is 6.81. The van der Waals surface area contributed by atoms with E-state index in [9.17, 15) is 4.79 Å². The quantitative estimate of drug-likeness (QED) is 0.886. The lowest BCUT2D eigenvalue weighted by molar-refractivity contribution is -0.124. The van der Waals surface area contributed by atoms with Gasteiger partial charge in [0.2, 0.25) is 0 Å². The topological polar surface area (TPSA) is 38.3 Å². The van der Waals surface area contributed by atoms with Gasteiger partial charge in [0, 0.05) is 6.04 Å². The normalized spacial score (nSPS) is 12.4. The summed E-state index contributed by atoms with van der Waals surface area (Å²) in [5.41, 5.74) is 3.43. The molecule has 0 aliphatic carbocycles. The van der Waals surface area contributed by atoms with Crippen molar-refractivity contribution < 1.29 is 9.53 Å². The predicted octanol–water partition coefficient (Wildman–Crippen LogP) is 3.15. The van der Waals surface area contributed by atoms with Gasteiger partial charge in [0.25, 0.3) is 5.91 Å². The number of aryl methyl sites for hydroxylation is 2. The van der Waals surface area contributed by atoms with Crippen molar-refractivity contribution in [1.29, 1.82) is 0 Å². The lowest BCUT2D eigenvalue weighted by Crippen LogP contribution is -2.39. The fourth-order valence-electron chi connectivity index (χ4n) is 1.76. The molecule has 1 N–H and O–H groups in total. The number of hydrogen-bond donors (Lipinski definition) is 1. The molecule has 0 unspecified atom stereocenters. The molecular formula is C16H25NO2. The average molecular weight is 263 g/mol. The van der Waals surface area contributed by atoms with Gasteiger partial charge in [0.15, 0.2) is 6.61 Å². The molecule has 0 aromatic heterocycles. The monoisotopic (exact) mass is 263 g/mol. The highest BCUT2D eigenvalue weighted by Gasteiger charge is 2.12. The first-order chi connectivity index (χ1) is 8.81. The van der Waals surface area contributed by atoms with Crippen LogP contribution < -0.4 is 10.1 Å². The smallest absolute Gasteiger partial charge is 0.258 e. The Morgan fingerprint density at radius 3 is 2.42 bits per heavy atom. The van der Waals surface area contributed by atoms with Gasteiger partial charge < -0.3 is 10.1 Å². The molecule has 0 spiro atoms. The van der Waals surface area contributed by atoms with Crippen molar-refractivity contribution in [2.75, 3.05) is 6.61 Å². The maximum Gasteiger partial charge on any atom is 0.258 e. The Bertz CT molecular complexity index is 452. The minimum Gasteiger partial charge on any atom is -0.483 e. The van der Waals surface area contributed by atoms with Gasteiger partial charge in [0.05, 0.1) is 0 Å². The zero-order valence-electron chi connectivity index (χ0n) is 12.8. The standard InChI is InChI=1S/C16H25NO2/c1-10(2)14(6)17-16(18)9-19-15-8-11(3)7-12(4)13(15)5/h7-8,10,14H,9H2,1-6H3,(H,17,18)/t14-/m0/s1. The van der Waals surface area contributed by atoms with Gasteiger partial charge in [-0.25, -0.2) is 0 Å². The largest absolute Gasteiger partial charge is 0.483 e. The van der Waals surface area contributed by atoms with Crippen molar-refractivity contribution in [2.24, 2.45) is 5.92 Å². The molecule has 0 radical (unpaired) electrons. The maximum absolute atomic E-state index is 11.8. The van der Waals surface area contributed by atoms with Crippen LogP contribution in [0.4, 0.5) is 0 Å². The zero-order chi connectivity index (χ0) is 14.6. The second-order valence-corrected chi connectivity index (χ2v) is 5.59. The number of ether oxygens (including phenoxy) is 1. The molecule has 0 saturated heterocycles. The van der Waals surface area contributed by atoms with Crippen LogP contribution in [0.1, 0.15) is 37.5 Å². The number of nitrogens with one attached hydrogen (secondary N) is 1. The summed E-state index contributed by atoms with van der Waals surface area (Å²) in [6.45, 7) is 12.3. The van der Waals surface area contributed by atoms with E-state index in [1.807, 2.05) is 26.8 Å². The number of carbonyl (C=O) groups excluding carboxylic acids is 1. The number of amides is 1. The summed E-state index contributed by atoms with van der Waals surface area (Å²) in [5.74, 6) is 1.15. The van der Waals surface area contributed by atoms with Gasteiger partial charge in [0.1, 0.15) is 5.75 Å². The fraction of sp³-hybridized carbons (Fsp3) is 0.562. The molecule has 1 aromatic rings. The van der Waals surface area contributed by atoms with Crippen molar-refractivity contribution in [3.63, 3.8) is 0 Å². The van der Waals surface area contributed by atoms with Gasteiger partial charge in [-0.15, -0.1) is 0 Å². The molecule has 0 fully saturated rings. The van der Waals surface area contributed by atoms with Crippen LogP contribution in [0.25, 0.3) is 0 Å². The lowest BCUT2D eigenvalue weighted by Gasteiger charge is -2.18. The molecule has 19 heavy (non-hydrogen) atoms. The molecule has 1 atom stereocenters. The van der Waals surface area contributed by atoms with Crippen LogP contribution >= 0.6 is 0 Å². The Morgan fingerprint density at radius 1 is 1.21 bits per heavy atom. The lowest BCUT2D eigenvalue weighted by atomic mass is 10.1. The van der Waals surface area contributed by atoms with Crippen LogP contribution in [0.2, 0.25) is 0 Å². The Labute approximate surface area is 116 Å². The van der Waals surface area contributed by atoms with Crippen LogP contribution in [0, 0.1) is 26.7 Å². The molecule has 3 heteroatoms. The Kier molecular flexibility index (Phi) is 5.40. The molecule has 106 valence electrons. The third kappa shape index (κ3) is 4.58. The number of rotatable bonds is 5. The van der Waals surface area contributed by atoms with Gasteiger partial charge in [-0.1, -0.05) is 19.9 Å². The highest BCUT2D eigenvalue weighted by atomic mass is 16.5. The van der Waals surface area contributed by atoms with E-state index < -0.39 is 0 Å². The average Bonchev–Trinajstić information content (AvgIpc) is 2.31. The van der Waals surface area contributed by atoms with E-state index in [1.54, 1.807) is 0 Å². The van der Waals surface area contributed by atoms with Crippen molar-refractivity contribution in [1.82, 2.24) is 5.32 Å². The minimum absolute atomic E-state index is 0.0697. The van der Waals surface area contributed by atoms with E-state index in [0.29, 0.717) is 5.92 Å². The maximum atomic E-state index is 11.8. The second kappa shape index (κ2) is 6.60. The Hall–Kier alpha value is -1.51. The van der Waals surface area contributed by atoms with Gasteiger partial charge >= 0.3 is 0 Å². The van der Waals surface area contributed by atoms with Gasteiger partial charge in [-0.05, 0) is 56.4 Å². The van der Waals surface area contributed by atoms with Crippen LogP contribution in [0.3, 0.4) is 0 Å². The SMILES string of the molecule is Cc1cc(C)c(C)c(OCC(=O)N[C@@H](C)C(C)C)c1. The van der Waals surface area contributed by atoms with Gasteiger partial charge in [-0.2, -0.15) is 0 Å². The summed E-state index contributed by atoms with van der Waals surface area (Å²) < 4.78 is 5.63. The van der Waals surface area contributed by atoms with Crippen LogP contribution in [0.5, 0.6) is 5.75 Å². The first-order valence-electron chi connectivity index (χ1n) is 6.81. The van der Waals surface area contributed by atoms with Crippen LogP contribution in [-0.2, 0) is 4.79 Å². The molecule has 1 aromatic carbocycles. The van der Waals surface area contributed by atoms with Crippen molar-refractivity contribution in [3.8, 4) is 5.75 Å². The van der Waals surface area contributed by atoms with E-state index in [2.05, 4.69) is 32.2 Å². The van der Waals surface area contributed by atoms with Crippen LogP contribution in [-0.4, -0.2) is 18.6 Å². The van der Waals surface area contributed by atoms with E-state index in [0.717, 1.165) is 16.9 Å². The Morgan fingerprint density at radius 2 is 1.84 bits per heavy atom. The molecule has 0 bridgehead atoms. The zero-order valence-corrected chi connectivity index (χ0v) is 12.8. The number of carbonyl (C=O) groups is 1. The predicted molar refractivity (Wildman–Crippen MR) is 78.6 cm³/mol. The van der Waals surface area contributed by atoms with E-state index in [1.165, 1.54) is 5.56 Å². The first kappa shape index (κ1) is 15.5. The molecule has 0 heterocycles. The van der Waals surface area contributed by atoms with Gasteiger partial charge in [-0.3, -0.25) is 4.79 Å². The highest BCUT2D eigenvalue weighted by molar-refractivity contribution is 5.77. The summed E-state index contributed by atoms with van der Waals surface area (Å²) >= 11 is 0. The number of benzene rings is 1.